The van der Waals surface area contributed by atoms with E-state index in [-0.39, 0.29) is 5.69 Å². The van der Waals surface area contributed by atoms with Crippen molar-refractivity contribution in [3.63, 3.8) is 0 Å². The molecule has 0 bridgehead atoms. The summed E-state index contributed by atoms with van der Waals surface area (Å²) in [4.78, 5) is 12.0. The summed E-state index contributed by atoms with van der Waals surface area (Å²) in [6.07, 6.45) is 2.35. The highest BCUT2D eigenvalue weighted by Crippen LogP contribution is 2.38. The molecule has 1 fully saturated rings. The number of nitriles is 1. The molecule has 6 heteroatoms. The lowest BCUT2D eigenvalue weighted by atomic mass is 9.87. The molecule has 1 N–H and O–H groups in total. The van der Waals surface area contributed by atoms with Crippen molar-refractivity contribution in [1.29, 1.82) is 5.26 Å². The molecule has 0 saturated heterocycles. The molecule has 19 heavy (non-hydrogen) atoms. The number of halogens is 3. The molecule has 1 aromatic rings. The van der Waals surface area contributed by atoms with E-state index < -0.39 is 28.8 Å². The van der Waals surface area contributed by atoms with E-state index in [1.807, 2.05) is 6.07 Å². The molecular weight excluding hydrogens is 257 g/mol. The van der Waals surface area contributed by atoms with Crippen LogP contribution >= 0.6 is 0 Å². The predicted molar refractivity (Wildman–Crippen MR) is 61.5 cm³/mol. The highest BCUT2D eigenvalue weighted by Gasteiger charge is 2.41. The molecule has 1 aliphatic rings. The Morgan fingerprint density at radius 1 is 1.21 bits per heavy atom. The van der Waals surface area contributed by atoms with Gasteiger partial charge in [0.2, 0.25) is 5.91 Å². The van der Waals surface area contributed by atoms with Gasteiger partial charge in [-0.1, -0.05) is 12.8 Å². The van der Waals surface area contributed by atoms with Gasteiger partial charge in [0.1, 0.15) is 5.41 Å². The summed E-state index contributed by atoms with van der Waals surface area (Å²) in [7, 11) is 0. The van der Waals surface area contributed by atoms with Crippen LogP contribution in [0.4, 0.5) is 18.9 Å². The van der Waals surface area contributed by atoms with E-state index in [0.717, 1.165) is 12.8 Å². The first kappa shape index (κ1) is 13.4. The summed E-state index contributed by atoms with van der Waals surface area (Å²) in [6.45, 7) is 0. The number of carbonyl (C=O) groups excluding carboxylic acids is 1. The Hall–Kier alpha value is -2.03. The Kier molecular flexibility index (Phi) is 3.47. The van der Waals surface area contributed by atoms with Crippen LogP contribution in [0, 0.1) is 34.2 Å². The van der Waals surface area contributed by atoms with Gasteiger partial charge in [0, 0.05) is 17.8 Å². The molecule has 0 atom stereocenters. The summed E-state index contributed by atoms with van der Waals surface area (Å²) in [5, 5.41) is 11.4. The van der Waals surface area contributed by atoms with Crippen LogP contribution in [-0.2, 0) is 4.79 Å². The van der Waals surface area contributed by atoms with E-state index in [1.54, 1.807) is 0 Å². The summed E-state index contributed by atoms with van der Waals surface area (Å²) in [5.74, 6) is -4.95. The fraction of sp³-hybridized carbons (Fsp3) is 0.385. The van der Waals surface area contributed by atoms with Crippen molar-refractivity contribution in [1.82, 2.24) is 0 Å². The Morgan fingerprint density at radius 3 is 2.21 bits per heavy atom. The van der Waals surface area contributed by atoms with Gasteiger partial charge in [0.15, 0.2) is 17.5 Å². The summed E-state index contributed by atoms with van der Waals surface area (Å²) in [5.41, 5.74) is -1.34. The lowest BCUT2D eigenvalue weighted by Gasteiger charge is -2.19. The monoisotopic (exact) mass is 268 g/mol. The standard InChI is InChI=1S/C13H11F3N2O/c14-9-5-8(6-10(15)11(9)16)18-12(19)13(7-17)3-1-2-4-13/h5-6H,1-4H2,(H,18,19). The third-order valence-corrected chi connectivity index (χ3v) is 3.35. The number of rotatable bonds is 2. The minimum Gasteiger partial charge on any atom is -0.324 e. The fourth-order valence-corrected chi connectivity index (χ4v) is 2.25. The minimum atomic E-state index is -1.59. The highest BCUT2D eigenvalue weighted by molar-refractivity contribution is 5.97. The van der Waals surface area contributed by atoms with Crippen LogP contribution in [-0.4, -0.2) is 5.91 Å². The Morgan fingerprint density at radius 2 is 1.74 bits per heavy atom. The van der Waals surface area contributed by atoms with Crippen LogP contribution in [0.1, 0.15) is 25.7 Å². The summed E-state index contributed by atoms with van der Waals surface area (Å²) in [6, 6.07) is 3.35. The van der Waals surface area contributed by atoms with E-state index in [4.69, 9.17) is 5.26 Å². The second-order valence-corrected chi connectivity index (χ2v) is 4.61. The number of hydrogen-bond acceptors (Lipinski definition) is 2. The summed E-state index contributed by atoms with van der Waals surface area (Å²) >= 11 is 0. The van der Waals surface area contributed by atoms with Crippen molar-refractivity contribution in [3.05, 3.63) is 29.6 Å². The zero-order valence-corrected chi connectivity index (χ0v) is 9.97. The first-order valence-corrected chi connectivity index (χ1v) is 5.86. The molecule has 1 aliphatic carbocycles. The van der Waals surface area contributed by atoms with E-state index in [0.29, 0.717) is 25.0 Å². The van der Waals surface area contributed by atoms with E-state index in [2.05, 4.69) is 5.32 Å². The number of anilines is 1. The number of nitrogens with zero attached hydrogens (tertiary/aromatic N) is 1. The van der Waals surface area contributed by atoms with Crippen LogP contribution in [0.2, 0.25) is 0 Å². The molecule has 1 aromatic carbocycles. The molecule has 0 aliphatic heterocycles. The number of benzene rings is 1. The van der Waals surface area contributed by atoms with Gasteiger partial charge in [-0.3, -0.25) is 4.79 Å². The number of hydrogen-bond donors (Lipinski definition) is 1. The molecule has 1 saturated carbocycles. The third-order valence-electron chi connectivity index (χ3n) is 3.35. The van der Waals surface area contributed by atoms with Gasteiger partial charge in [-0.25, -0.2) is 13.2 Å². The van der Waals surface area contributed by atoms with Crippen LogP contribution in [0.15, 0.2) is 12.1 Å². The molecule has 3 nitrogen and oxygen atoms in total. The topological polar surface area (TPSA) is 52.9 Å². The Labute approximate surface area is 108 Å². The molecule has 0 unspecified atom stereocenters. The average Bonchev–Trinajstić information content (AvgIpc) is 2.85. The van der Waals surface area contributed by atoms with Crippen molar-refractivity contribution >= 4 is 11.6 Å². The number of amides is 1. The predicted octanol–water partition coefficient (Wildman–Crippen LogP) is 3.13. The van der Waals surface area contributed by atoms with Crippen molar-refractivity contribution < 1.29 is 18.0 Å². The van der Waals surface area contributed by atoms with Gasteiger partial charge in [0.05, 0.1) is 6.07 Å². The van der Waals surface area contributed by atoms with Crippen LogP contribution in [0.3, 0.4) is 0 Å². The zero-order chi connectivity index (χ0) is 14.0. The number of carbonyl (C=O) groups is 1. The van der Waals surface area contributed by atoms with Gasteiger partial charge in [-0.05, 0) is 12.8 Å². The zero-order valence-electron chi connectivity index (χ0n) is 9.97. The molecule has 2 rings (SSSR count). The lowest BCUT2D eigenvalue weighted by molar-refractivity contribution is -0.122. The van der Waals surface area contributed by atoms with E-state index in [9.17, 15) is 18.0 Å². The van der Waals surface area contributed by atoms with Crippen molar-refractivity contribution in [3.8, 4) is 6.07 Å². The first-order chi connectivity index (χ1) is 8.98. The van der Waals surface area contributed by atoms with Crippen LogP contribution in [0.5, 0.6) is 0 Å². The smallest absolute Gasteiger partial charge is 0.244 e. The minimum absolute atomic E-state index is 0.192. The Balaban J connectivity index is 2.22. The molecule has 0 radical (unpaired) electrons. The first-order valence-electron chi connectivity index (χ1n) is 5.86. The van der Waals surface area contributed by atoms with Gasteiger partial charge < -0.3 is 5.32 Å². The van der Waals surface area contributed by atoms with Gasteiger partial charge in [0.25, 0.3) is 0 Å². The van der Waals surface area contributed by atoms with E-state index >= 15 is 0 Å². The van der Waals surface area contributed by atoms with Crippen molar-refractivity contribution in [2.24, 2.45) is 5.41 Å². The molecule has 1 amide bonds. The van der Waals surface area contributed by atoms with Gasteiger partial charge >= 0.3 is 0 Å². The molecule has 0 spiro atoms. The normalized spacial score (nSPS) is 16.9. The molecule has 0 aromatic heterocycles. The Bertz CT molecular complexity index is 536. The van der Waals surface area contributed by atoms with E-state index in [1.165, 1.54) is 0 Å². The van der Waals surface area contributed by atoms with Gasteiger partial charge in [-0.2, -0.15) is 5.26 Å². The molecule has 100 valence electrons. The van der Waals surface area contributed by atoms with Crippen molar-refractivity contribution in [2.75, 3.05) is 5.32 Å². The van der Waals surface area contributed by atoms with Crippen molar-refractivity contribution in [2.45, 2.75) is 25.7 Å². The third kappa shape index (κ3) is 2.41. The molecule has 0 heterocycles. The summed E-state index contributed by atoms with van der Waals surface area (Å²) < 4.78 is 38.8. The quantitative estimate of drug-likeness (QED) is 0.838. The number of nitrogens with one attached hydrogen (secondary N) is 1. The van der Waals surface area contributed by atoms with Gasteiger partial charge in [-0.15, -0.1) is 0 Å². The van der Waals surface area contributed by atoms with Crippen LogP contribution < -0.4 is 5.32 Å². The molecular formula is C13H11F3N2O. The maximum atomic E-state index is 13.0. The highest BCUT2D eigenvalue weighted by atomic mass is 19.2. The second kappa shape index (κ2) is 4.92. The maximum Gasteiger partial charge on any atom is 0.244 e. The second-order valence-electron chi connectivity index (χ2n) is 4.61. The maximum absolute atomic E-state index is 13.0. The average molecular weight is 268 g/mol. The lowest BCUT2D eigenvalue weighted by Crippen LogP contribution is -2.32. The largest absolute Gasteiger partial charge is 0.324 e. The fourth-order valence-electron chi connectivity index (χ4n) is 2.25. The van der Waals surface area contributed by atoms with Crippen LogP contribution in [0.25, 0.3) is 0 Å². The SMILES string of the molecule is N#CC1(C(=O)Nc2cc(F)c(F)c(F)c2)CCCC1.